The van der Waals surface area contributed by atoms with Gasteiger partial charge < -0.3 is 14.8 Å². The molecule has 2 amide bonds. The number of halogens is 1. The Kier molecular flexibility index (Phi) is 5.65. The number of nitrogens with zero attached hydrogens (tertiary/aromatic N) is 3. The first-order valence-corrected chi connectivity index (χ1v) is 12.1. The fourth-order valence-corrected chi connectivity index (χ4v) is 5.46. The minimum absolute atomic E-state index is 0.111. The van der Waals surface area contributed by atoms with Crippen LogP contribution in [0.15, 0.2) is 48.5 Å². The Bertz CT molecular complexity index is 1220. The first-order valence-electron chi connectivity index (χ1n) is 11.7. The zero-order valence-corrected chi connectivity index (χ0v) is 19.8. The van der Waals surface area contributed by atoms with Crippen LogP contribution in [0.5, 0.6) is 0 Å². The molecule has 3 atom stereocenters. The van der Waals surface area contributed by atoms with Crippen LogP contribution >= 0.6 is 11.6 Å². The minimum atomic E-state index is -1.06. The van der Waals surface area contributed by atoms with Gasteiger partial charge in [0, 0.05) is 17.6 Å². The van der Waals surface area contributed by atoms with E-state index in [-0.39, 0.29) is 24.4 Å². The topological polar surface area (TPSA) is 67.2 Å². The molecule has 33 heavy (non-hydrogen) atoms. The van der Waals surface area contributed by atoms with Crippen LogP contribution in [0.1, 0.15) is 55.7 Å². The Hall–Kier alpha value is -2.86. The van der Waals surface area contributed by atoms with Crippen molar-refractivity contribution in [3.63, 3.8) is 0 Å². The Balaban J connectivity index is 1.55. The van der Waals surface area contributed by atoms with Gasteiger partial charge in [-0.15, -0.1) is 0 Å². The molecule has 1 saturated carbocycles. The van der Waals surface area contributed by atoms with Gasteiger partial charge in [0.05, 0.1) is 17.6 Å². The molecule has 6 nitrogen and oxygen atoms in total. The lowest BCUT2D eigenvalue weighted by Gasteiger charge is -2.44. The summed E-state index contributed by atoms with van der Waals surface area (Å²) < 4.78 is 1.90. The summed E-state index contributed by atoms with van der Waals surface area (Å²) in [5.74, 6) is 0.443. The standard InChI is InChI=1S/C26H29ClN4O2/c1-17-8-3-4-11-20(17)29-25(33)26(2)16-30-22-13-6-5-12-21(22)28-23(30)24(32)31(26)15-18-9-7-10-19(27)14-18/h5-7,9-10,12-14,17,20H,3-4,8,11,15-16H2,1-2H3,(H,29,33)/t17-,20+,26-/m1/s1. The van der Waals surface area contributed by atoms with Crippen molar-refractivity contribution in [2.75, 3.05) is 0 Å². The van der Waals surface area contributed by atoms with Gasteiger partial charge in [-0.3, -0.25) is 9.59 Å². The van der Waals surface area contributed by atoms with Crippen LogP contribution in [-0.2, 0) is 17.9 Å². The summed E-state index contributed by atoms with van der Waals surface area (Å²) in [4.78, 5) is 33.9. The largest absolute Gasteiger partial charge is 0.351 e. The highest BCUT2D eigenvalue weighted by atomic mass is 35.5. The number of amides is 2. The van der Waals surface area contributed by atoms with Gasteiger partial charge in [-0.25, -0.2) is 4.98 Å². The molecule has 0 radical (unpaired) electrons. The quantitative estimate of drug-likeness (QED) is 0.603. The van der Waals surface area contributed by atoms with Crippen LogP contribution in [0.2, 0.25) is 5.02 Å². The number of aromatic nitrogens is 2. The molecule has 1 fully saturated rings. The number of hydrogen-bond acceptors (Lipinski definition) is 3. The van der Waals surface area contributed by atoms with Gasteiger partial charge in [0.1, 0.15) is 5.54 Å². The molecule has 0 spiro atoms. The van der Waals surface area contributed by atoms with Crippen molar-refractivity contribution < 1.29 is 9.59 Å². The van der Waals surface area contributed by atoms with E-state index in [0.717, 1.165) is 35.9 Å². The molecule has 1 aliphatic heterocycles. The van der Waals surface area contributed by atoms with Crippen LogP contribution in [0.3, 0.4) is 0 Å². The molecular formula is C26H29ClN4O2. The fourth-order valence-electron chi connectivity index (χ4n) is 5.25. The van der Waals surface area contributed by atoms with Crippen molar-refractivity contribution in [2.24, 2.45) is 5.92 Å². The molecule has 1 aliphatic carbocycles. The number of rotatable bonds is 4. The molecule has 5 rings (SSSR count). The zero-order valence-electron chi connectivity index (χ0n) is 19.1. The number of benzene rings is 2. The molecule has 0 unspecified atom stereocenters. The Morgan fingerprint density at radius 2 is 1.97 bits per heavy atom. The summed E-state index contributed by atoms with van der Waals surface area (Å²) in [7, 11) is 0. The second-order valence-electron chi connectivity index (χ2n) is 9.65. The predicted molar refractivity (Wildman–Crippen MR) is 129 cm³/mol. The Morgan fingerprint density at radius 3 is 2.76 bits per heavy atom. The van der Waals surface area contributed by atoms with Crippen molar-refractivity contribution in [3.05, 3.63) is 64.9 Å². The zero-order chi connectivity index (χ0) is 23.2. The first kappa shape index (κ1) is 22.0. The van der Waals surface area contributed by atoms with Gasteiger partial charge in [-0.05, 0) is 55.5 Å². The smallest absolute Gasteiger partial charge is 0.291 e. The molecule has 2 aliphatic rings. The molecule has 0 saturated heterocycles. The summed E-state index contributed by atoms with van der Waals surface area (Å²) in [6, 6.07) is 15.3. The van der Waals surface area contributed by atoms with Crippen LogP contribution in [0.4, 0.5) is 0 Å². The van der Waals surface area contributed by atoms with E-state index in [1.54, 1.807) is 11.0 Å². The lowest BCUT2D eigenvalue weighted by Crippen LogP contribution is -2.65. The molecular weight excluding hydrogens is 436 g/mol. The molecule has 2 aromatic carbocycles. The third kappa shape index (κ3) is 3.90. The highest BCUT2D eigenvalue weighted by molar-refractivity contribution is 6.30. The Morgan fingerprint density at radius 1 is 1.18 bits per heavy atom. The summed E-state index contributed by atoms with van der Waals surface area (Å²) in [6.45, 7) is 4.70. The summed E-state index contributed by atoms with van der Waals surface area (Å²) in [6.07, 6.45) is 4.41. The molecule has 1 N–H and O–H groups in total. The van der Waals surface area contributed by atoms with Crippen LogP contribution in [-0.4, -0.2) is 37.8 Å². The van der Waals surface area contributed by atoms with Gasteiger partial charge in [0.15, 0.2) is 5.82 Å². The van der Waals surface area contributed by atoms with Crippen molar-refractivity contribution in [2.45, 2.75) is 64.2 Å². The number of para-hydroxylation sites is 2. The molecule has 0 bridgehead atoms. The van der Waals surface area contributed by atoms with E-state index in [9.17, 15) is 9.59 Å². The van der Waals surface area contributed by atoms with Crippen molar-refractivity contribution in [1.82, 2.24) is 19.8 Å². The molecule has 172 valence electrons. The van der Waals surface area contributed by atoms with E-state index < -0.39 is 5.54 Å². The SMILES string of the molecule is C[C@@H]1CCCC[C@@H]1NC(=O)[C@@]1(C)Cn2c(nc3ccccc32)C(=O)N1Cc1cccc(Cl)c1. The van der Waals surface area contributed by atoms with E-state index in [1.165, 1.54) is 6.42 Å². The maximum atomic E-state index is 13.8. The number of carbonyl (C=O) groups is 2. The number of imidazole rings is 1. The monoisotopic (exact) mass is 464 g/mol. The average Bonchev–Trinajstić information content (AvgIpc) is 3.17. The van der Waals surface area contributed by atoms with E-state index in [1.807, 2.05) is 54.0 Å². The van der Waals surface area contributed by atoms with Crippen LogP contribution in [0.25, 0.3) is 11.0 Å². The lowest BCUT2D eigenvalue weighted by molar-refractivity contribution is -0.134. The second-order valence-corrected chi connectivity index (χ2v) is 10.1. The van der Waals surface area contributed by atoms with Gasteiger partial charge in [0.25, 0.3) is 5.91 Å². The van der Waals surface area contributed by atoms with Gasteiger partial charge in [0.2, 0.25) is 5.91 Å². The molecule has 1 aromatic heterocycles. The number of hydrogen-bond donors (Lipinski definition) is 1. The fraction of sp³-hybridized carbons (Fsp3) is 0.423. The number of fused-ring (bicyclic) bond motifs is 3. The van der Waals surface area contributed by atoms with Gasteiger partial charge >= 0.3 is 0 Å². The highest BCUT2D eigenvalue weighted by Crippen LogP contribution is 2.33. The van der Waals surface area contributed by atoms with Gasteiger partial charge in [-0.2, -0.15) is 0 Å². The molecule has 7 heteroatoms. The minimum Gasteiger partial charge on any atom is -0.351 e. The third-order valence-electron chi connectivity index (χ3n) is 7.30. The van der Waals surface area contributed by atoms with Crippen molar-refractivity contribution >= 4 is 34.4 Å². The molecule has 3 aromatic rings. The van der Waals surface area contributed by atoms with E-state index in [4.69, 9.17) is 11.6 Å². The predicted octanol–water partition coefficient (Wildman–Crippen LogP) is 4.80. The van der Waals surface area contributed by atoms with Crippen LogP contribution < -0.4 is 5.32 Å². The average molecular weight is 465 g/mol. The lowest BCUT2D eigenvalue weighted by atomic mass is 9.85. The van der Waals surface area contributed by atoms with Gasteiger partial charge in [-0.1, -0.05) is 55.6 Å². The molecule has 2 heterocycles. The third-order valence-corrected chi connectivity index (χ3v) is 7.53. The Labute approximate surface area is 198 Å². The summed E-state index contributed by atoms with van der Waals surface area (Å²) in [5.41, 5.74) is 1.44. The number of carbonyl (C=O) groups excluding carboxylic acids is 2. The van der Waals surface area contributed by atoms with E-state index >= 15 is 0 Å². The maximum absolute atomic E-state index is 13.8. The van der Waals surface area contributed by atoms with E-state index in [2.05, 4.69) is 17.2 Å². The normalized spacial score (nSPS) is 25.2. The highest BCUT2D eigenvalue weighted by Gasteiger charge is 2.49. The second kappa shape index (κ2) is 8.49. The van der Waals surface area contributed by atoms with Crippen LogP contribution in [0, 0.1) is 5.92 Å². The number of nitrogens with one attached hydrogen (secondary N) is 1. The van der Waals surface area contributed by atoms with E-state index in [0.29, 0.717) is 23.3 Å². The summed E-state index contributed by atoms with van der Waals surface area (Å²) in [5, 5.41) is 3.91. The maximum Gasteiger partial charge on any atom is 0.291 e. The summed E-state index contributed by atoms with van der Waals surface area (Å²) >= 11 is 6.21. The van der Waals surface area contributed by atoms with Crippen molar-refractivity contribution in [1.29, 1.82) is 0 Å². The first-order chi connectivity index (χ1) is 15.9. The van der Waals surface area contributed by atoms with Crippen molar-refractivity contribution in [3.8, 4) is 0 Å².